The monoisotopic (exact) mass is 184 g/mol. The molecule has 0 aliphatic heterocycles. The average molecular weight is 184 g/mol. The second kappa shape index (κ2) is 4.82. The Balaban J connectivity index is 2.79. The van der Waals surface area contributed by atoms with Gasteiger partial charge in [0.2, 0.25) is 0 Å². The molecular weight excluding hydrogens is 171 g/mol. The molecule has 13 heavy (non-hydrogen) atoms. The van der Waals surface area contributed by atoms with Gasteiger partial charge >= 0.3 is 0 Å². The van der Waals surface area contributed by atoms with Crippen LogP contribution < -0.4 is 4.74 Å². The van der Waals surface area contributed by atoms with E-state index >= 15 is 0 Å². The first-order chi connectivity index (χ1) is 6.27. The van der Waals surface area contributed by atoms with Crippen LogP contribution in [0.1, 0.15) is 12.5 Å². The molecule has 0 heterocycles. The lowest BCUT2D eigenvalue weighted by atomic mass is 10.1. The highest BCUT2D eigenvalue weighted by atomic mass is 19.1. The predicted molar refractivity (Wildman–Crippen MR) is 48.3 cm³/mol. The molecule has 0 atom stereocenters. The summed E-state index contributed by atoms with van der Waals surface area (Å²) in [5.41, 5.74) is 0.858. The average Bonchev–Trinajstić information content (AvgIpc) is 2.16. The van der Waals surface area contributed by atoms with E-state index in [-0.39, 0.29) is 12.6 Å². The van der Waals surface area contributed by atoms with Crippen LogP contribution in [0, 0.1) is 5.82 Å². The van der Waals surface area contributed by atoms with Gasteiger partial charge in [-0.15, -0.1) is 0 Å². The molecule has 1 aromatic rings. The van der Waals surface area contributed by atoms with Gasteiger partial charge in [-0.1, -0.05) is 6.92 Å². The van der Waals surface area contributed by atoms with E-state index < -0.39 is 0 Å². The lowest BCUT2D eigenvalue weighted by Crippen LogP contribution is -2.01. The van der Waals surface area contributed by atoms with Crippen LogP contribution in [0.5, 0.6) is 5.75 Å². The van der Waals surface area contributed by atoms with Gasteiger partial charge in [-0.05, 0) is 30.2 Å². The Kier molecular flexibility index (Phi) is 3.71. The molecule has 0 fully saturated rings. The molecule has 0 spiro atoms. The highest BCUT2D eigenvalue weighted by molar-refractivity contribution is 5.33. The normalized spacial score (nSPS) is 10.1. The number of hydrogen-bond acceptors (Lipinski definition) is 2. The summed E-state index contributed by atoms with van der Waals surface area (Å²) in [6.07, 6.45) is 0.747. The van der Waals surface area contributed by atoms with Crippen molar-refractivity contribution in [2.45, 2.75) is 13.3 Å². The van der Waals surface area contributed by atoms with Crippen molar-refractivity contribution in [1.29, 1.82) is 0 Å². The summed E-state index contributed by atoms with van der Waals surface area (Å²) in [7, 11) is 1.55. The van der Waals surface area contributed by atoms with Crippen LogP contribution in [0.15, 0.2) is 18.2 Å². The van der Waals surface area contributed by atoms with Crippen molar-refractivity contribution in [2.75, 3.05) is 13.9 Å². The highest BCUT2D eigenvalue weighted by Gasteiger charge is 2.02. The van der Waals surface area contributed by atoms with Gasteiger partial charge < -0.3 is 9.47 Å². The van der Waals surface area contributed by atoms with Crippen molar-refractivity contribution in [3.8, 4) is 5.75 Å². The fourth-order valence-corrected chi connectivity index (χ4v) is 1.09. The molecule has 1 aromatic carbocycles. The van der Waals surface area contributed by atoms with Gasteiger partial charge in [0, 0.05) is 7.11 Å². The summed E-state index contributed by atoms with van der Waals surface area (Å²) in [4.78, 5) is 0. The number of aryl methyl sites for hydroxylation is 1. The van der Waals surface area contributed by atoms with E-state index in [0.717, 1.165) is 12.0 Å². The van der Waals surface area contributed by atoms with E-state index in [9.17, 15) is 4.39 Å². The molecule has 0 saturated carbocycles. The van der Waals surface area contributed by atoms with Gasteiger partial charge in [-0.25, -0.2) is 4.39 Å². The summed E-state index contributed by atoms with van der Waals surface area (Å²) in [5, 5.41) is 0. The molecule has 0 bridgehead atoms. The molecule has 0 aliphatic carbocycles. The van der Waals surface area contributed by atoms with Gasteiger partial charge in [0.1, 0.15) is 11.6 Å². The minimum atomic E-state index is -0.235. The lowest BCUT2D eigenvalue weighted by Gasteiger charge is -2.08. The zero-order valence-corrected chi connectivity index (χ0v) is 7.84. The Bertz CT molecular complexity index is 274. The zero-order valence-electron chi connectivity index (χ0n) is 7.84. The molecule has 0 radical (unpaired) electrons. The molecule has 3 heteroatoms. The molecule has 0 unspecified atom stereocenters. The van der Waals surface area contributed by atoms with E-state index in [1.165, 1.54) is 12.1 Å². The number of hydrogen-bond donors (Lipinski definition) is 0. The molecule has 0 amide bonds. The van der Waals surface area contributed by atoms with E-state index in [1.54, 1.807) is 13.2 Å². The quantitative estimate of drug-likeness (QED) is 0.669. The second-order valence-corrected chi connectivity index (χ2v) is 2.66. The van der Waals surface area contributed by atoms with Gasteiger partial charge in [0.05, 0.1) is 0 Å². The number of halogens is 1. The van der Waals surface area contributed by atoms with Gasteiger partial charge in [-0.2, -0.15) is 0 Å². The predicted octanol–water partition coefficient (Wildman–Crippen LogP) is 2.37. The third-order valence-electron chi connectivity index (χ3n) is 1.74. The van der Waals surface area contributed by atoms with Gasteiger partial charge in [0.15, 0.2) is 6.79 Å². The largest absolute Gasteiger partial charge is 0.467 e. The SMILES string of the molecule is CCc1cc(F)ccc1OCOC. The zero-order chi connectivity index (χ0) is 9.68. The Morgan fingerprint density at radius 2 is 2.15 bits per heavy atom. The van der Waals surface area contributed by atoms with Crippen LogP contribution in [-0.4, -0.2) is 13.9 Å². The van der Waals surface area contributed by atoms with Crippen molar-refractivity contribution in [3.05, 3.63) is 29.6 Å². The first kappa shape index (κ1) is 9.99. The maximum atomic E-state index is 12.8. The molecule has 1 rings (SSSR count). The molecule has 0 aromatic heterocycles. The van der Waals surface area contributed by atoms with Crippen LogP contribution in [0.2, 0.25) is 0 Å². The van der Waals surface area contributed by atoms with Crippen molar-refractivity contribution in [3.63, 3.8) is 0 Å². The van der Waals surface area contributed by atoms with Crippen molar-refractivity contribution in [2.24, 2.45) is 0 Å². The lowest BCUT2D eigenvalue weighted by molar-refractivity contribution is 0.0504. The number of benzene rings is 1. The van der Waals surface area contributed by atoms with E-state index in [4.69, 9.17) is 9.47 Å². The minimum Gasteiger partial charge on any atom is -0.467 e. The van der Waals surface area contributed by atoms with Crippen LogP contribution in [0.4, 0.5) is 4.39 Å². The fraction of sp³-hybridized carbons (Fsp3) is 0.400. The summed E-state index contributed by atoms with van der Waals surface area (Å²) in [5.74, 6) is 0.451. The summed E-state index contributed by atoms with van der Waals surface area (Å²) in [6.45, 7) is 2.15. The van der Waals surface area contributed by atoms with Gasteiger partial charge in [-0.3, -0.25) is 0 Å². The number of ether oxygens (including phenoxy) is 2. The second-order valence-electron chi connectivity index (χ2n) is 2.66. The van der Waals surface area contributed by atoms with E-state index in [1.807, 2.05) is 6.92 Å². The first-order valence-electron chi connectivity index (χ1n) is 4.18. The molecule has 0 N–H and O–H groups in total. The van der Waals surface area contributed by atoms with Crippen LogP contribution >= 0.6 is 0 Å². The maximum absolute atomic E-state index is 12.8. The third-order valence-corrected chi connectivity index (χ3v) is 1.74. The van der Waals surface area contributed by atoms with Crippen LogP contribution in [-0.2, 0) is 11.2 Å². The number of methoxy groups -OCH3 is 1. The smallest absolute Gasteiger partial charge is 0.188 e. The summed E-state index contributed by atoms with van der Waals surface area (Å²) >= 11 is 0. The van der Waals surface area contributed by atoms with E-state index in [2.05, 4.69) is 0 Å². The Hall–Kier alpha value is -1.09. The molecule has 0 saturated heterocycles. The van der Waals surface area contributed by atoms with Crippen molar-refractivity contribution >= 4 is 0 Å². The molecular formula is C10H13FO2. The van der Waals surface area contributed by atoms with Crippen LogP contribution in [0.25, 0.3) is 0 Å². The topological polar surface area (TPSA) is 18.5 Å². The minimum absolute atomic E-state index is 0.193. The summed E-state index contributed by atoms with van der Waals surface area (Å²) < 4.78 is 22.8. The molecule has 2 nitrogen and oxygen atoms in total. The third kappa shape index (κ3) is 2.70. The Morgan fingerprint density at radius 1 is 1.38 bits per heavy atom. The highest BCUT2D eigenvalue weighted by Crippen LogP contribution is 2.19. The van der Waals surface area contributed by atoms with E-state index in [0.29, 0.717) is 5.75 Å². The van der Waals surface area contributed by atoms with Crippen molar-refractivity contribution < 1.29 is 13.9 Å². The number of rotatable bonds is 4. The maximum Gasteiger partial charge on any atom is 0.188 e. The van der Waals surface area contributed by atoms with Crippen molar-refractivity contribution in [1.82, 2.24) is 0 Å². The first-order valence-corrected chi connectivity index (χ1v) is 4.18. The fourth-order valence-electron chi connectivity index (χ4n) is 1.09. The summed E-state index contributed by atoms with van der Waals surface area (Å²) in [6, 6.07) is 4.47. The Morgan fingerprint density at radius 3 is 2.77 bits per heavy atom. The Labute approximate surface area is 77.3 Å². The molecule has 72 valence electrons. The van der Waals surface area contributed by atoms with Crippen LogP contribution in [0.3, 0.4) is 0 Å². The molecule has 0 aliphatic rings. The standard InChI is InChI=1S/C10H13FO2/c1-3-8-6-9(11)4-5-10(8)13-7-12-2/h4-6H,3,7H2,1-2H3. The van der Waals surface area contributed by atoms with Gasteiger partial charge in [0.25, 0.3) is 0 Å².